The highest BCUT2D eigenvalue weighted by atomic mass is 32.1. The van der Waals surface area contributed by atoms with Crippen molar-refractivity contribution in [3.05, 3.63) is 58.6 Å². The number of amides is 1. The van der Waals surface area contributed by atoms with Gasteiger partial charge in [0.05, 0.1) is 10.6 Å². The van der Waals surface area contributed by atoms with Gasteiger partial charge in [-0.1, -0.05) is 37.6 Å². The second-order valence-electron chi connectivity index (χ2n) is 7.03. The number of aromatic nitrogens is 2. The minimum absolute atomic E-state index is 0.0825. The molecule has 2 heterocycles. The van der Waals surface area contributed by atoms with Crippen LogP contribution in [0, 0.1) is 19.8 Å². The summed E-state index contributed by atoms with van der Waals surface area (Å²) in [6.07, 6.45) is 0.960. The van der Waals surface area contributed by atoms with E-state index in [-0.39, 0.29) is 5.91 Å². The Morgan fingerprint density at radius 3 is 2.69 bits per heavy atom. The maximum absolute atomic E-state index is 12.8. The second-order valence-corrected chi connectivity index (χ2v) is 7.98. The molecule has 0 saturated carbocycles. The van der Waals surface area contributed by atoms with E-state index in [1.807, 2.05) is 29.6 Å². The van der Waals surface area contributed by atoms with Crippen molar-refractivity contribution in [3.8, 4) is 16.3 Å². The first-order chi connectivity index (χ1) is 12.5. The molecule has 26 heavy (non-hydrogen) atoms. The van der Waals surface area contributed by atoms with Gasteiger partial charge in [0.1, 0.15) is 11.4 Å². The highest BCUT2D eigenvalue weighted by Gasteiger charge is 2.19. The molecule has 136 valence electrons. The third kappa shape index (κ3) is 4.05. The second kappa shape index (κ2) is 7.87. The lowest BCUT2D eigenvalue weighted by atomic mass is 10.1. The van der Waals surface area contributed by atoms with Crippen LogP contribution in [0.1, 0.15) is 41.9 Å². The number of rotatable bonds is 6. The molecule has 1 N–H and O–H groups in total. The van der Waals surface area contributed by atoms with Gasteiger partial charge in [0, 0.05) is 6.54 Å². The minimum atomic E-state index is -0.0825. The Labute approximate surface area is 158 Å². The topological polar surface area (TPSA) is 46.9 Å². The van der Waals surface area contributed by atoms with Crippen LogP contribution in [0.25, 0.3) is 16.3 Å². The van der Waals surface area contributed by atoms with Crippen LogP contribution in [-0.4, -0.2) is 22.2 Å². The Bertz CT molecular complexity index is 894. The van der Waals surface area contributed by atoms with Gasteiger partial charge in [0.2, 0.25) is 0 Å². The molecule has 2 aromatic heterocycles. The monoisotopic (exact) mass is 367 g/mol. The fourth-order valence-corrected chi connectivity index (χ4v) is 3.56. The Kier molecular flexibility index (Phi) is 5.57. The molecular formula is C21H25N3OS. The number of nitrogens with zero attached hydrogens (tertiary/aromatic N) is 2. The Balaban J connectivity index is 1.99. The summed E-state index contributed by atoms with van der Waals surface area (Å²) in [5.74, 6) is 0.474. The molecule has 4 nitrogen and oxygen atoms in total. The molecule has 0 unspecified atom stereocenters. The van der Waals surface area contributed by atoms with Crippen LogP contribution in [0.5, 0.6) is 0 Å². The number of nitrogens with one attached hydrogen (secondary N) is 1. The number of hydrogen-bond acceptors (Lipinski definition) is 3. The third-order valence-electron chi connectivity index (χ3n) is 4.30. The number of carbonyl (C=O) groups excluding carboxylic acids is 1. The molecule has 0 atom stereocenters. The Morgan fingerprint density at radius 2 is 2.04 bits per heavy atom. The summed E-state index contributed by atoms with van der Waals surface area (Å²) in [6, 6.07) is 12.1. The minimum Gasteiger partial charge on any atom is -0.351 e. The van der Waals surface area contributed by atoms with Gasteiger partial charge in [0.25, 0.3) is 5.91 Å². The molecule has 1 aromatic carbocycles. The van der Waals surface area contributed by atoms with Gasteiger partial charge >= 0.3 is 0 Å². The molecular weight excluding hydrogens is 342 g/mol. The third-order valence-corrected chi connectivity index (χ3v) is 5.20. The Hall–Kier alpha value is -2.40. The van der Waals surface area contributed by atoms with Gasteiger partial charge < -0.3 is 5.32 Å². The molecule has 0 saturated heterocycles. The molecule has 0 aliphatic rings. The van der Waals surface area contributed by atoms with E-state index in [0.717, 1.165) is 28.2 Å². The lowest BCUT2D eigenvalue weighted by Crippen LogP contribution is -2.27. The lowest BCUT2D eigenvalue weighted by Gasteiger charge is -2.12. The Morgan fingerprint density at radius 1 is 1.23 bits per heavy atom. The van der Waals surface area contributed by atoms with Gasteiger partial charge in [-0.3, -0.25) is 4.79 Å². The van der Waals surface area contributed by atoms with E-state index in [2.05, 4.69) is 45.1 Å². The average Bonchev–Trinajstić information content (AvgIpc) is 3.24. The quantitative estimate of drug-likeness (QED) is 0.667. The molecule has 0 fully saturated rings. The first-order valence-corrected chi connectivity index (χ1v) is 9.83. The summed E-state index contributed by atoms with van der Waals surface area (Å²) < 4.78 is 1.77. The zero-order valence-electron chi connectivity index (χ0n) is 15.7. The number of aryl methyl sites for hydroxylation is 2. The summed E-state index contributed by atoms with van der Waals surface area (Å²) in [6.45, 7) is 9.09. The molecule has 5 heteroatoms. The number of thiophene rings is 1. The predicted molar refractivity (Wildman–Crippen MR) is 108 cm³/mol. The molecule has 0 aliphatic carbocycles. The zero-order valence-corrected chi connectivity index (χ0v) is 16.6. The van der Waals surface area contributed by atoms with Crippen LogP contribution in [0.3, 0.4) is 0 Å². The van der Waals surface area contributed by atoms with E-state index in [0.29, 0.717) is 18.2 Å². The predicted octanol–water partition coefficient (Wildman–Crippen LogP) is 4.99. The van der Waals surface area contributed by atoms with E-state index >= 15 is 0 Å². The molecule has 0 radical (unpaired) electrons. The van der Waals surface area contributed by atoms with Gasteiger partial charge in [-0.2, -0.15) is 5.10 Å². The largest absolute Gasteiger partial charge is 0.351 e. The summed E-state index contributed by atoms with van der Waals surface area (Å²) in [5, 5.41) is 9.80. The van der Waals surface area contributed by atoms with Crippen LogP contribution in [0.4, 0.5) is 0 Å². The maximum Gasteiger partial charge on any atom is 0.270 e. The van der Waals surface area contributed by atoms with E-state index < -0.39 is 0 Å². The highest BCUT2D eigenvalue weighted by molar-refractivity contribution is 7.13. The molecule has 3 aromatic rings. The summed E-state index contributed by atoms with van der Waals surface area (Å²) in [5.41, 5.74) is 4.63. The van der Waals surface area contributed by atoms with Crippen molar-refractivity contribution in [2.24, 2.45) is 5.92 Å². The number of benzene rings is 1. The SMILES string of the molecule is Cc1ccc(-n2nc(-c3cccs3)cc2C(=O)NCCC(C)C)c(C)c1. The summed E-state index contributed by atoms with van der Waals surface area (Å²) >= 11 is 1.63. The molecule has 0 aliphatic heterocycles. The normalized spacial score (nSPS) is 11.1. The highest BCUT2D eigenvalue weighted by Crippen LogP contribution is 2.27. The van der Waals surface area contributed by atoms with Crippen molar-refractivity contribution in [2.75, 3.05) is 6.54 Å². The van der Waals surface area contributed by atoms with Crippen molar-refractivity contribution in [3.63, 3.8) is 0 Å². The molecule has 0 spiro atoms. The van der Waals surface area contributed by atoms with E-state index in [9.17, 15) is 4.79 Å². The molecule has 3 rings (SSSR count). The van der Waals surface area contributed by atoms with Crippen molar-refractivity contribution < 1.29 is 4.79 Å². The summed E-state index contributed by atoms with van der Waals surface area (Å²) in [4.78, 5) is 13.9. The van der Waals surface area contributed by atoms with Crippen LogP contribution in [-0.2, 0) is 0 Å². The van der Waals surface area contributed by atoms with Crippen molar-refractivity contribution >= 4 is 17.2 Å². The van der Waals surface area contributed by atoms with Crippen LogP contribution >= 0.6 is 11.3 Å². The van der Waals surface area contributed by atoms with Crippen molar-refractivity contribution in [2.45, 2.75) is 34.1 Å². The summed E-state index contributed by atoms with van der Waals surface area (Å²) in [7, 11) is 0. The van der Waals surface area contributed by atoms with E-state index in [1.165, 1.54) is 5.56 Å². The smallest absolute Gasteiger partial charge is 0.270 e. The fourth-order valence-electron chi connectivity index (χ4n) is 2.88. The van der Waals surface area contributed by atoms with Gasteiger partial charge in [-0.25, -0.2) is 4.68 Å². The number of carbonyl (C=O) groups is 1. The molecule has 0 bridgehead atoms. The van der Waals surface area contributed by atoms with Crippen molar-refractivity contribution in [1.29, 1.82) is 0 Å². The lowest BCUT2D eigenvalue weighted by molar-refractivity contribution is 0.0944. The zero-order chi connectivity index (χ0) is 18.7. The fraction of sp³-hybridized carbons (Fsp3) is 0.333. The number of hydrogen-bond donors (Lipinski definition) is 1. The van der Waals surface area contributed by atoms with Gasteiger partial charge in [0.15, 0.2) is 0 Å². The van der Waals surface area contributed by atoms with E-state index in [1.54, 1.807) is 16.0 Å². The standard InChI is InChI=1S/C21H25N3OS/c1-14(2)9-10-22-21(25)19-13-17(20-6-5-11-26-20)23-24(19)18-8-7-15(3)12-16(18)4/h5-8,11-14H,9-10H2,1-4H3,(H,22,25). The van der Waals surface area contributed by atoms with Crippen molar-refractivity contribution in [1.82, 2.24) is 15.1 Å². The first-order valence-electron chi connectivity index (χ1n) is 8.95. The van der Waals surface area contributed by atoms with Crippen LogP contribution < -0.4 is 5.32 Å². The van der Waals surface area contributed by atoms with Gasteiger partial charge in [-0.15, -0.1) is 11.3 Å². The first kappa shape index (κ1) is 18.4. The van der Waals surface area contributed by atoms with E-state index in [4.69, 9.17) is 5.10 Å². The van der Waals surface area contributed by atoms with Gasteiger partial charge in [-0.05, 0) is 55.3 Å². The maximum atomic E-state index is 12.8. The van der Waals surface area contributed by atoms with Crippen LogP contribution in [0.2, 0.25) is 0 Å². The average molecular weight is 368 g/mol. The van der Waals surface area contributed by atoms with Crippen LogP contribution in [0.15, 0.2) is 41.8 Å². The molecule has 1 amide bonds.